The van der Waals surface area contributed by atoms with E-state index in [1.165, 1.54) is 0 Å². The van der Waals surface area contributed by atoms with Gasteiger partial charge in [0.25, 0.3) is 0 Å². The van der Waals surface area contributed by atoms with Gasteiger partial charge in [-0.05, 0) is 17.8 Å². The molecule has 0 rings (SSSR count). The molecule has 0 heterocycles. The first-order valence-electron chi connectivity index (χ1n) is 5.27. The molecule has 0 aliphatic heterocycles. The number of rotatable bonds is 5. The first-order chi connectivity index (χ1) is 5.91. The van der Waals surface area contributed by atoms with Gasteiger partial charge in [-0.3, -0.25) is 0 Å². The van der Waals surface area contributed by atoms with Crippen molar-refractivity contribution in [2.75, 3.05) is 0 Å². The van der Waals surface area contributed by atoms with E-state index in [0.29, 0.717) is 5.92 Å². The molecule has 80 valence electrons. The maximum absolute atomic E-state index is 9.87. The molecule has 0 aromatic carbocycles. The molecule has 3 unspecified atom stereocenters. The van der Waals surface area contributed by atoms with Gasteiger partial charge in [-0.2, -0.15) is 0 Å². The fourth-order valence-electron chi connectivity index (χ4n) is 1.75. The van der Waals surface area contributed by atoms with E-state index in [-0.39, 0.29) is 11.8 Å². The summed E-state index contributed by atoms with van der Waals surface area (Å²) in [6.07, 6.45) is -0.250. The van der Waals surface area contributed by atoms with Crippen LogP contribution in [0.15, 0.2) is 0 Å². The maximum atomic E-state index is 9.87. The summed E-state index contributed by atoms with van der Waals surface area (Å²) < 4.78 is 0. The summed E-state index contributed by atoms with van der Waals surface area (Å²) in [6, 6.07) is 0. The predicted octanol–water partition coefficient (Wildman–Crippen LogP) is 2.05. The quantitative estimate of drug-likeness (QED) is 0.693. The van der Waals surface area contributed by atoms with Gasteiger partial charge >= 0.3 is 0 Å². The predicted molar refractivity (Wildman–Crippen MR) is 55.5 cm³/mol. The molecule has 3 atom stereocenters. The van der Waals surface area contributed by atoms with Crippen molar-refractivity contribution in [3.63, 3.8) is 0 Å². The molecule has 13 heavy (non-hydrogen) atoms. The Hall–Kier alpha value is -0.0800. The van der Waals surface area contributed by atoms with Crippen LogP contribution in [0.3, 0.4) is 0 Å². The van der Waals surface area contributed by atoms with Gasteiger partial charge in [-0.1, -0.05) is 41.0 Å². The maximum Gasteiger partial charge on any atom is 0.0832 e. The lowest BCUT2D eigenvalue weighted by Crippen LogP contribution is -2.38. The molecule has 2 heteroatoms. The number of aliphatic hydroxyl groups is 2. The van der Waals surface area contributed by atoms with E-state index in [1.807, 2.05) is 13.8 Å². The first-order valence-corrected chi connectivity index (χ1v) is 5.27. The number of aliphatic hydroxyl groups excluding tert-OH is 2. The fourth-order valence-corrected chi connectivity index (χ4v) is 1.75. The highest BCUT2D eigenvalue weighted by Gasteiger charge is 2.28. The highest BCUT2D eigenvalue weighted by atomic mass is 16.3. The van der Waals surface area contributed by atoms with Gasteiger partial charge in [-0.15, -0.1) is 0 Å². The zero-order valence-corrected chi connectivity index (χ0v) is 9.49. The molecule has 0 aromatic rings. The van der Waals surface area contributed by atoms with Gasteiger partial charge in [0.1, 0.15) is 0 Å². The van der Waals surface area contributed by atoms with Crippen molar-refractivity contribution in [2.24, 2.45) is 17.8 Å². The van der Waals surface area contributed by atoms with E-state index in [0.717, 1.165) is 6.42 Å². The minimum Gasteiger partial charge on any atom is -0.390 e. The van der Waals surface area contributed by atoms with Crippen molar-refractivity contribution in [3.8, 4) is 0 Å². The van der Waals surface area contributed by atoms with E-state index in [4.69, 9.17) is 0 Å². The molecule has 0 spiro atoms. The highest BCUT2D eigenvalue weighted by Crippen LogP contribution is 2.23. The SMILES string of the molecule is CCC(C(C)C)C(O)C(O)C(C)C. The third kappa shape index (κ3) is 3.65. The molecular formula is C11H24O2. The molecule has 0 radical (unpaired) electrons. The molecule has 2 nitrogen and oxygen atoms in total. The Morgan fingerprint density at radius 3 is 1.54 bits per heavy atom. The van der Waals surface area contributed by atoms with Crippen molar-refractivity contribution in [2.45, 2.75) is 53.2 Å². The molecule has 0 fully saturated rings. The van der Waals surface area contributed by atoms with Gasteiger partial charge in [0.15, 0.2) is 0 Å². The van der Waals surface area contributed by atoms with E-state index in [1.54, 1.807) is 0 Å². The summed E-state index contributed by atoms with van der Waals surface area (Å²) in [5.74, 6) is 0.758. The smallest absolute Gasteiger partial charge is 0.0832 e. The van der Waals surface area contributed by atoms with Crippen LogP contribution in [0.4, 0.5) is 0 Å². The first kappa shape index (κ1) is 12.9. The van der Waals surface area contributed by atoms with Gasteiger partial charge in [0.2, 0.25) is 0 Å². The van der Waals surface area contributed by atoms with Crippen molar-refractivity contribution in [1.29, 1.82) is 0 Å². The number of hydrogen-bond donors (Lipinski definition) is 2. The third-order valence-electron chi connectivity index (χ3n) is 2.80. The second-order valence-corrected chi connectivity index (χ2v) is 4.54. The van der Waals surface area contributed by atoms with E-state index >= 15 is 0 Å². The molecule has 0 bridgehead atoms. The Kier molecular flexibility index (Phi) is 5.57. The van der Waals surface area contributed by atoms with Gasteiger partial charge in [0.05, 0.1) is 12.2 Å². The van der Waals surface area contributed by atoms with E-state index in [2.05, 4.69) is 20.8 Å². The third-order valence-corrected chi connectivity index (χ3v) is 2.80. The van der Waals surface area contributed by atoms with Crippen LogP contribution in [0.2, 0.25) is 0 Å². The minimum atomic E-state index is -0.590. The summed E-state index contributed by atoms with van der Waals surface area (Å²) in [5.41, 5.74) is 0. The Balaban J connectivity index is 4.27. The Morgan fingerprint density at radius 1 is 0.846 bits per heavy atom. The van der Waals surface area contributed by atoms with Crippen molar-refractivity contribution >= 4 is 0 Å². The van der Waals surface area contributed by atoms with Crippen LogP contribution >= 0.6 is 0 Å². The molecule has 0 aliphatic carbocycles. The van der Waals surface area contributed by atoms with Crippen molar-refractivity contribution in [3.05, 3.63) is 0 Å². The summed E-state index contributed by atoms with van der Waals surface area (Å²) in [5, 5.41) is 19.6. The molecular weight excluding hydrogens is 164 g/mol. The van der Waals surface area contributed by atoms with Crippen LogP contribution in [0.25, 0.3) is 0 Å². The zero-order chi connectivity index (χ0) is 10.6. The standard InChI is InChI=1S/C11H24O2/c1-6-9(7(2)3)11(13)10(12)8(4)5/h7-13H,6H2,1-5H3. The molecule has 0 aliphatic rings. The van der Waals surface area contributed by atoms with Crippen molar-refractivity contribution < 1.29 is 10.2 Å². The Morgan fingerprint density at radius 2 is 1.31 bits per heavy atom. The van der Waals surface area contributed by atoms with Crippen LogP contribution in [0, 0.1) is 17.8 Å². The summed E-state index contributed by atoms with van der Waals surface area (Å²) >= 11 is 0. The molecule has 0 aromatic heterocycles. The Labute approximate surface area is 82.0 Å². The van der Waals surface area contributed by atoms with Gasteiger partial charge in [0, 0.05) is 0 Å². The van der Waals surface area contributed by atoms with E-state index in [9.17, 15) is 10.2 Å². The molecule has 0 saturated heterocycles. The minimum absolute atomic E-state index is 0.128. The average molecular weight is 188 g/mol. The molecule has 0 saturated carbocycles. The van der Waals surface area contributed by atoms with Gasteiger partial charge in [-0.25, -0.2) is 0 Å². The number of hydrogen-bond acceptors (Lipinski definition) is 2. The monoisotopic (exact) mass is 188 g/mol. The molecule has 0 amide bonds. The summed E-state index contributed by atoms with van der Waals surface area (Å²) in [6.45, 7) is 10.1. The van der Waals surface area contributed by atoms with Crippen LogP contribution in [0.1, 0.15) is 41.0 Å². The van der Waals surface area contributed by atoms with Gasteiger partial charge < -0.3 is 10.2 Å². The lowest BCUT2D eigenvalue weighted by molar-refractivity contribution is -0.0519. The van der Waals surface area contributed by atoms with Crippen LogP contribution in [0.5, 0.6) is 0 Å². The largest absolute Gasteiger partial charge is 0.390 e. The second-order valence-electron chi connectivity index (χ2n) is 4.54. The highest BCUT2D eigenvalue weighted by molar-refractivity contribution is 4.78. The lowest BCUT2D eigenvalue weighted by Gasteiger charge is -2.30. The van der Waals surface area contributed by atoms with Crippen LogP contribution < -0.4 is 0 Å². The normalized spacial score (nSPS) is 19.2. The fraction of sp³-hybridized carbons (Fsp3) is 1.00. The second kappa shape index (κ2) is 5.61. The molecule has 2 N–H and O–H groups in total. The zero-order valence-electron chi connectivity index (χ0n) is 9.49. The van der Waals surface area contributed by atoms with Crippen LogP contribution in [-0.2, 0) is 0 Å². The summed E-state index contributed by atoms with van der Waals surface area (Å²) in [4.78, 5) is 0. The van der Waals surface area contributed by atoms with E-state index < -0.39 is 12.2 Å². The van der Waals surface area contributed by atoms with Crippen molar-refractivity contribution in [1.82, 2.24) is 0 Å². The summed E-state index contributed by atoms with van der Waals surface area (Å²) in [7, 11) is 0. The average Bonchev–Trinajstić information content (AvgIpc) is 2.03. The Bertz CT molecular complexity index is 132. The topological polar surface area (TPSA) is 40.5 Å². The van der Waals surface area contributed by atoms with Crippen LogP contribution in [-0.4, -0.2) is 22.4 Å². The lowest BCUT2D eigenvalue weighted by atomic mass is 9.83.